The number of carbonyl (C=O) groups excluding carboxylic acids is 1. The second kappa shape index (κ2) is 7.90. The Hall–Kier alpha value is -1.43. The van der Waals surface area contributed by atoms with Crippen molar-refractivity contribution in [3.05, 3.63) is 29.8 Å². The molecule has 0 heterocycles. The van der Waals surface area contributed by atoms with E-state index in [0.29, 0.717) is 13.2 Å². The molecule has 2 unspecified atom stereocenters. The van der Waals surface area contributed by atoms with Gasteiger partial charge in [0.1, 0.15) is 6.61 Å². The van der Waals surface area contributed by atoms with Crippen molar-refractivity contribution in [2.75, 3.05) is 31.2 Å². The molecule has 1 fully saturated rings. The third-order valence-corrected chi connectivity index (χ3v) is 4.58. The predicted molar refractivity (Wildman–Crippen MR) is 85.3 cm³/mol. The summed E-state index contributed by atoms with van der Waals surface area (Å²) >= 11 is 0. The lowest BCUT2D eigenvalue weighted by atomic mass is 9.67. The number of rotatable bonds is 8. The first kappa shape index (κ1) is 17.9. The zero-order chi connectivity index (χ0) is 17.0. The van der Waals surface area contributed by atoms with E-state index in [1.807, 2.05) is 31.2 Å². The smallest absolute Gasteiger partial charge is 0.155 e. The summed E-state index contributed by atoms with van der Waals surface area (Å²) in [6.45, 7) is 7.43. The van der Waals surface area contributed by atoms with E-state index in [9.17, 15) is 15.0 Å². The molecule has 0 aliphatic heterocycles. The summed E-state index contributed by atoms with van der Waals surface area (Å²) in [5.41, 5.74) is 1.87. The van der Waals surface area contributed by atoms with Crippen LogP contribution in [0.25, 0.3) is 0 Å². The molecular weight excluding hydrogens is 294 g/mol. The molecule has 2 rings (SSSR count). The number of hydrogen-bond acceptors (Lipinski definition) is 5. The van der Waals surface area contributed by atoms with E-state index in [0.717, 1.165) is 17.8 Å². The van der Waals surface area contributed by atoms with E-state index in [-0.39, 0.29) is 18.3 Å². The number of benzene rings is 1. The van der Waals surface area contributed by atoms with Gasteiger partial charge >= 0.3 is 0 Å². The number of ether oxygens (including phenoxy) is 1. The lowest BCUT2D eigenvalue weighted by Crippen LogP contribution is -2.64. The van der Waals surface area contributed by atoms with Crippen LogP contribution in [0.2, 0.25) is 0 Å². The molecule has 0 N–H and O–H groups in total. The fraction of sp³-hybridized carbons (Fsp3) is 0.611. The van der Waals surface area contributed by atoms with Crippen LogP contribution in [0, 0.1) is 5.92 Å². The third-order valence-electron chi connectivity index (χ3n) is 4.58. The Bertz CT molecular complexity index is 506. The summed E-state index contributed by atoms with van der Waals surface area (Å²) in [6, 6.07) is 7.68. The Morgan fingerprint density at radius 2 is 1.83 bits per heavy atom. The molecule has 5 heteroatoms. The maximum absolute atomic E-state index is 11.9. The summed E-state index contributed by atoms with van der Waals surface area (Å²) in [5, 5.41) is 23.8. The van der Waals surface area contributed by atoms with Crippen LogP contribution in [0.4, 0.5) is 5.69 Å². The topological polar surface area (TPSA) is 75.7 Å². The number of hydrogen-bond donors (Lipinski definition) is 0. The highest BCUT2D eigenvalue weighted by Gasteiger charge is 2.34. The van der Waals surface area contributed by atoms with Gasteiger partial charge in [-0.15, -0.1) is 12.2 Å². The molecular formula is C18H25NO4-2. The molecule has 0 bridgehead atoms. The first-order chi connectivity index (χ1) is 11.0. The van der Waals surface area contributed by atoms with Crippen molar-refractivity contribution in [1.82, 2.24) is 0 Å². The van der Waals surface area contributed by atoms with Gasteiger partial charge in [0.2, 0.25) is 0 Å². The lowest BCUT2D eigenvalue weighted by Gasteiger charge is -2.60. The zero-order valence-corrected chi connectivity index (χ0v) is 14.0. The van der Waals surface area contributed by atoms with Crippen LogP contribution in [0.5, 0.6) is 0 Å². The number of likely N-dealkylation sites (N-methyl/N-ethyl adjacent to an activating group) is 1. The maximum Gasteiger partial charge on any atom is 0.155 e. The lowest BCUT2D eigenvalue weighted by molar-refractivity contribution is -0.547. The van der Waals surface area contributed by atoms with Crippen molar-refractivity contribution in [2.24, 2.45) is 5.92 Å². The van der Waals surface area contributed by atoms with Crippen LogP contribution >= 0.6 is 0 Å². The number of Topliss-reactive ketones (excluding diaryl/α,β-unsaturated/α-hetero) is 1. The maximum atomic E-state index is 11.9. The Labute approximate surface area is 137 Å². The van der Waals surface area contributed by atoms with E-state index in [1.54, 1.807) is 6.92 Å². The predicted octanol–water partition coefficient (Wildman–Crippen LogP) is 0.310. The average molecular weight is 319 g/mol. The van der Waals surface area contributed by atoms with Gasteiger partial charge in [0, 0.05) is 18.8 Å². The molecule has 0 spiro atoms. The number of nitrogens with zero attached hydrogens (tertiary/aromatic N) is 1. The highest BCUT2D eigenvalue weighted by molar-refractivity contribution is 5.76. The largest absolute Gasteiger partial charge is 0.851 e. The monoisotopic (exact) mass is 319 g/mol. The van der Waals surface area contributed by atoms with E-state index in [1.165, 1.54) is 6.92 Å². The van der Waals surface area contributed by atoms with Crippen molar-refractivity contribution >= 4 is 11.5 Å². The molecule has 2 atom stereocenters. The van der Waals surface area contributed by atoms with Gasteiger partial charge in [-0.2, -0.15) is 0 Å². The summed E-state index contributed by atoms with van der Waals surface area (Å²) in [6.07, 6.45) is -1.57. The Morgan fingerprint density at radius 3 is 2.35 bits per heavy atom. The van der Waals surface area contributed by atoms with Crippen LogP contribution in [-0.4, -0.2) is 44.3 Å². The normalized spacial score (nSPS) is 26.7. The van der Waals surface area contributed by atoms with E-state index in [4.69, 9.17) is 4.74 Å². The van der Waals surface area contributed by atoms with Crippen LogP contribution in [-0.2, 0) is 9.53 Å². The molecule has 0 aromatic heterocycles. The number of anilines is 1. The van der Waals surface area contributed by atoms with Gasteiger partial charge in [0.15, 0.2) is 5.78 Å². The molecule has 1 saturated carbocycles. The second-order valence-electron chi connectivity index (χ2n) is 6.24. The molecule has 128 valence electrons. The third kappa shape index (κ3) is 4.10. The molecule has 0 amide bonds. The van der Waals surface area contributed by atoms with Gasteiger partial charge in [-0.25, -0.2) is 0 Å². The molecule has 5 nitrogen and oxygen atoms in total. The first-order valence-corrected chi connectivity index (χ1v) is 8.19. The van der Waals surface area contributed by atoms with Crippen molar-refractivity contribution in [3.8, 4) is 0 Å². The summed E-state index contributed by atoms with van der Waals surface area (Å²) in [7, 11) is 0. The van der Waals surface area contributed by atoms with E-state index < -0.39 is 18.1 Å². The standard InChI is InChI=1S/C18H25NO4/c1-4-19(9-10-23-11-12(2)20)15-7-5-14(6-8-15)16-17(21)13(3)18(16)22/h5-8,13,16-18H,4,9-11H2,1-3H3/q-2. The molecule has 23 heavy (non-hydrogen) atoms. The summed E-state index contributed by atoms with van der Waals surface area (Å²) in [4.78, 5) is 13.0. The fourth-order valence-electron chi connectivity index (χ4n) is 3.03. The van der Waals surface area contributed by atoms with Gasteiger partial charge < -0.3 is 19.8 Å². The molecule has 1 aliphatic rings. The van der Waals surface area contributed by atoms with Gasteiger partial charge in [-0.3, -0.25) is 4.79 Å². The quantitative estimate of drug-likeness (QED) is 0.645. The van der Waals surface area contributed by atoms with Crippen LogP contribution in [0.3, 0.4) is 0 Å². The first-order valence-electron chi connectivity index (χ1n) is 8.19. The zero-order valence-electron chi connectivity index (χ0n) is 14.0. The van der Waals surface area contributed by atoms with Crippen molar-refractivity contribution in [3.63, 3.8) is 0 Å². The molecule has 1 aromatic rings. The summed E-state index contributed by atoms with van der Waals surface area (Å²) < 4.78 is 5.30. The highest BCUT2D eigenvalue weighted by Crippen LogP contribution is 2.39. The van der Waals surface area contributed by atoms with Crippen LogP contribution in [0.1, 0.15) is 32.3 Å². The molecule has 0 radical (unpaired) electrons. The average Bonchev–Trinajstić information content (AvgIpc) is 2.55. The van der Waals surface area contributed by atoms with Crippen molar-refractivity contribution < 1.29 is 19.7 Å². The van der Waals surface area contributed by atoms with Crippen molar-refractivity contribution in [2.45, 2.75) is 38.9 Å². The van der Waals surface area contributed by atoms with Crippen LogP contribution < -0.4 is 15.1 Å². The fourth-order valence-corrected chi connectivity index (χ4v) is 3.03. The van der Waals surface area contributed by atoms with E-state index >= 15 is 0 Å². The van der Waals surface area contributed by atoms with Gasteiger partial charge in [0.25, 0.3) is 0 Å². The minimum Gasteiger partial charge on any atom is -0.851 e. The SMILES string of the molecule is CCN(CCOCC(C)=O)c1ccc(C2C([O-])C(C)C2[O-])cc1. The molecule has 1 aliphatic carbocycles. The minimum absolute atomic E-state index is 0.0199. The molecule has 1 aromatic carbocycles. The highest BCUT2D eigenvalue weighted by atomic mass is 16.5. The van der Waals surface area contributed by atoms with Gasteiger partial charge in [-0.1, -0.05) is 25.0 Å². The minimum atomic E-state index is -0.786. The Morgan fingerprint density at radius 1 is 1.22 bits per heavy atom. The summed E-state index contributed by atoms with van der Waals surface area (Å²) in [5.74, 6) is -0.676. The second-order valence-corrected chi connectivity index (χ2v) is 6.24. The van der Waals surface area contributed by atoms with Gasteiger partial charge in [0.05, 0.1) is 6.61 Å². The number of carbonyl (C=O) groups is 1. The van der Waals surface area contributed by atoms with Crippen molar-refractivity contribution in [1.29, 1.82) is 0 Å². The number of ketones is 1. The van der Waals surface area contributed by atoms with E-state index in [2.05, 4.69) is 4.90 Å². The Balaban J connectivity index is 1.93. The molecule has 0 saturated heterocycles. The van der Waals surface area contributed by atoms with Gasteiger partial charge in [-0.05, 0) is 37.5 Å². The van der Waals surface area contributed by atoms with Crippen LogP contribution in [0.15, 0.2) is 24.3 Å². The Kier molecular flexibility index (Phi) is 6.16.